The average Bonchev–Trinajstić information content (AvgIpc) is 4.17. The fourth-order valence-electron chi connectivity index (χ4n) is 11.6. The first-order valence-corrected chi connectivity index (χ1v) is 25.1. The van der Waals surface area contributed by atoms with Gasteiger partial charge in [0.1, 0.15) is 0 Å². The summed E-state index contributed by atoms with van der Waals surface area (Å²) < 4.78 is 9.78. The molecule has 11 aromatic carbocycles. The van der Waals surface area contributed by atoms with E-state index in [0.717, 1.165) is 22.7 Å². The topological polar surface area (TPSA) is 19.7 Å². The molecule has 0 aliphatic heterocycles. The summed E-state index contributed by atoms with van der Waals surface area (Å²) in [5.41, 5.74) is 18.8. The lowest BCUT2D eigenvalue weighted by Gasteiger charge is -2.13. The summed E-state index contributed by atoms with van der Waals surface area (Å²) in [5, 5.41) is 9.90. The predicted octanol–water partition coefficient (Wildman–Crippen LogP) is 18.4. The smallest absolute Gasteiger partial charge is 0.0562 e. The normalized spacial score (nSPS) is 11.8. The molecule has 0 aliphatic carbocycles. The standard InChI is InChI=1S/C66H42N4.C2H6/c1-5-17-43(18-6-1)45-29-35-61-53(37-45)57-39-55-51-25-13-15-27-59(51)67(47-21-9-3-10-22-47)63(55)41-65(57)69(61)49-31-33-50(34-32-49)70-62-36-30-46(44-19-7-2-8-20-44)38-54(62)58-40-56-52-26-14-16-28-60(52)68(64(56)42-66(58)70)48-23-11-4-12-24-48;1-2/h1-42H;1-2H3. The van der Waals surface area contributed by atoms with Crippen molar-refractivity contribution in [3.05, 3.63) is 255 Å². The van der Waals surface area contributed by atoms with Crippen molar-refractivity contribution >= 4 is 87.2 Å². The molecule has 0 amide bonds. The van der Waals surface area contributed by atoms with E-state index in [1.165, 1.54) is 109 Å². The Bertz CT molecular complexity index is 4240. The Hall–Kier alpha value is -9.38. The molecule has 0 N–H and O–H groups in total. The van der Waals surface area contributed by atoms with Gasteiger partial charge in [-0.05, 0) is 131 Å². The van der Waals surface area contributed by atoms with Crippen LogP contribution in [0, 0.1) is 0 Å². The van der Waals surface area contributed by atoms with Crippen molar-refractivity contribution in [3.63, 3.8) is 0 Å². The molecule has 0 saturated carbocycles. The molecule has 0 bridgehead atoms. The van der Waals surface area contributed by atoms with E-state index in [-0.39, 0.29) is 0 Å². The number of nitrogens with zero attached hydrogens (tertiary/aromatic N) is 4. The summed E-state index contributed by atoms with van der Waals surface area (Å²) in [6.07, 6.45) is 0. The van der Waals surface area contributed by atoms with Crippen molar-refractivity contribution in [3.8, 4) is 45.0 Å². The fourth-order valence-corrected chi connectivity index (χ4v) is 11.6. The first kappa shape index (κ1) is 41.6. The zero-order valence-electron chi connectivity index (χ0n) is 40.0. The minimum Gasteiger partial charge on any atom is -0.309 e. The van der Waals surface area contributed by atoms with E-state index in [9.17, 15) is 0 Å². The highest BCUT2D eigenvalue weighted by atomic mass is 15.0. The molecule has 4 heteroatoms. The van der Waals surface area contributed by atoms with Gasteiger partial charge in [0, 0.05) is 65.8 Å². The van der Waals surface area contributed by atoms with Gasteiger partial charge in [0.2, 0.25) is 0 Å². The van der Waals surface area contributed by atoms with E-state index in [4.69, 9.17) is 0 Å². The van der Waals surface area contributed by atoms with Gasteiger partial charge in [0.25, 0.3) is 0 Å². The van der Waals surface area contributed by atoms with Gasteiger partial charge in [-0.3, -0.25) is 0 Å². The highest BCUT2D eigenvalue weighted by Crippen LogP contribution is 2.43. The molecular formula is C68H48N4. The van der Waals surface area contributed by atoms with Crippen molar-refractivity contribution in [2.24, 2.45) is 0 Å². The molecule has 0 saturated heterocycles. The molecular weight excluding hydrogens is 873 g/mol. The van der Waals surface area contributed by atoms with Gasteiger partial charge in [-0.15, -0.1) is 0 Å². The summed E-state index contributed by atoms with van der Waals surface area (Å²) in [6, 6.07) is 93.5. The molecule has 0 unspecified atom stereocenters. The molecule has 4 heterocycles. The van der Waals surface area contributed by atoms with Crippen LogP contribution in [0.4, 0.5) is 0 Å². The Morgan fingerprint density at radius 2 is 0.458 bits per heavy atom. The van der Waals surface area contributed by atoms with Crippen LogP contribution >= 0.6 is 0 Å². The molecule has 0 spiro atoms. The van der Waals surface area contributed by atoms with Crippen molar-refractivity contribution in [2.45, 2.75) is 13.8 Å². The molecule has 0 atom stereocenters. The third-order valence-corrected chi connectivity index (χ3v) is 14.7. The Labute approximate surface area is 417 Å². The zero-order valence-corrected chi connectivity index (χ0v) is 40.0. The Kier molecular flexibility index (Phi) is 9.62. The van der Waals surface area contributed by atoms with Gasteiger partial charge in [-0.1, -0.05) is 159 Å². The minimum absolute atomic E-state index is 1.11. The zero-order chi connectivity index (χ0) is 47.9. The third kappa shape index (κ3) is 6.32. The van der Waals surface area contributed by atoms with Gasteiger partial charge in [-0.2, -0.15) is 0 Å². The van der Waals surface area contributed by atoms with Gasteiger partial charge < -0.3 is 18.3 Å². The molecule has 0 fully saturated rings. The van der Waals surface area contributed by atoms with Crippen LogP contribution in [-0.2, 0) is 0 Å². The number of aromatic nitrogens is 4. The van der Waals surface area contributed by atoms with Gasteiger partial charge in [0.15, 0.2) is 0 Å². The van der Waals surface area contributed by atoms with Crippen molar-refractivity contribution in [1.82, 2.24) is 18.3 Å². The molecule has 72 heavy (non-hydrogen) atoms. The van der Waals surface area contributed by atoms with Crippen LogP contribution in [0.5, 0.6) is 0 Å². The van der Waals surface area contributed by atoms with Crippen molar-refractivity contribution < 1.29 is 0 Å². The van der Waals surface area contributed by atoms with E-state index in [1.54, 1.807) is 0 Å². The SMILES string of the molecule is CC.c1ccc(-c2ccc3c(c2)c2cc4c5ccccc5n(-c5ccccc5)c4cc2n3-c2ccc(-n3c4ccc(-c5ccccc5)cc4c4cc5c6ccccc6n(-c6ccccc6)c5cc43)cc2)cc1. The summed E-state index contributed by atoms with van der Waals surface area (Å²) in [5.74, 6) is 0. The maximum absolute atomic E-state index is 2.47. The lowest BCUT2D eigenvalue weighted by atomic mass is 10.0. The molecule has 340 valence electrons. The largest absolute Gasteiger partial charge is 0.309 e. The lowest BCUT2D eigenvalue weighted by molar-refractivity contribution is 1.14. The van der Waals surface area contributed by atoms with Crippen LogP contribution in [0.3, 0.4) is 0 Å². The molecule has 4 nitrogen and oxygen atoms in total. The fraction of sp³-hybridized carbons (Fsp3) is 0.0294. The second kappa shape index (κ2) is 16.6. The average molecular weight is 921 g/mol. The number of para-hydroxylation sites is 4. The van der Waals surface area contributed by atoms with E-state index < -0.39 is 0 Å². The predicted molar refractivity (Wildman–Crippen MR) is 306 cm³/mol. The molecule has 15 rings (SSSR count). The third-order valence-electron chi connectivity index (χ3n) is 14.7. The Morgan fingerprint density at radius 3 is 0.833 bits per heavy atom. The number of hydrogen-bond acceptors (Lipinski definition) is 0. The Balaban J connectivity index is 0.00000238. The second-order valence-corrected chi connectivity index (χ2v) is 18.5. The van der Waals surface area contributed by atoms with Crippen LogP contribution in [0.25, 0.3) is 132 Å². The highest BCUT2D eigenvalue weighted by Gasteiger charge is 2.22. The lowest BCUT2D eigenvalue weighted by Crippen LogP contribution is -1.98. The van der Waals surface area contributed by atoms with Gasteiger partial charge in [0.05, 0.1) is 44.1 Å². The minimum atomic E-state index is 1.11. The maximum Gasteiger partial charge on any atom is 0.0562 e. The van der Waals surface area contributed by atoms with Gasteiger partial charge in [-0.25, -0.2) is 0 Å². The quantitative estimate of drug-likeness (QED) is 0.158. The van der Waals surface area contributed by atoms with Crippen LogP contribution in [-0.4, -0.2) is 18.3 Å². The summed E-state index contributed by atoms with van der Waals surface area (Å²) in [6.45, 7) is 4.00. The summed E-state index contributed by atoms with van der Waals surface area (Å²) >= 11 is 0. The number of benzene rings is 11. The first-order valence-electron chi connectivity index (χ1n) is 25.1. The number of rotatable bonds is 6. The van der Waals surface area contributed by atoms with E-state index >= 15 is 0 Å². The first-order chi connectivity index (χ1) is 35.7. The van der Waals surface area contributed by atoms with Crippen LogP contribution in [0.15, 0.2) is 255 Å². The van der Waals surface area contributed by atoms with Crippen LogP contribution < -0.4 is 0 Å². The van der Waals surface area contributed by atoms with Crippen LogP contribution in [0.2, 0.25) is 0 Å². The highest BCUT2D eigenvalue weighted by molar-refractivity contribution is 6.21. The monoisotopic (exact) mass is 920 g/mol. The van der Waals surface area contributed by atoms with Crippen molar-refractivity contribution in [2.75, 3.05) is 0 Å². The number of fused-ring (bicyclic) bond motifs is 12. The Morgan fingerprint density at radius 1 is 0.181 bits per heavy atom. The van der Waals surface area contributed by atoms with Crippen molar-refractivity contribution in [1.29, 1.82) is 0 Å². The second-order valence-electron chi connectivity index (χ2n) is 18.5. The molecule has 0 aliphatic rings. The van der Waals surface area contributed by atoms with Crippen LogP contribution in [0.1, 0.15) is 13.8 Å². The number of hydrogen-bond donors (Lipinski definition) is 0. The van der Waals surface area contributed by atoms with E-state index in [1.807, 2.05) is 13.8 Å². The van der Waals surface area contributed by atoms with E-state index in [0.29, 0.717) is 0 Å². The molecule has 4 aromatic heterocycles. The summed E-state index contributed by atoms with van der Waals surface area (Å²) in [7, 11) is 0. The molecule has 0 radical (unpaired) electrons. The summed E-state index contributed by atoms with van der Waals surface area (Å²) in [4.78, 5) is 0. The van der Waals surface area contributed by atoms with Gasteiger partial charge >= 0.3 is 0 Å². The molecule has 15 aromatic rings. The van der Waals surface area contributed by atoms with E-state index in [2.05, 4.69) is 273 Å². The maximum atomic E-state index is 2.47.